The molecule has 88 valence electrons. The van der Waals surface area contributed by atoms with Crippen LogP contribution in [-0.4, -0.2) is 22.3 Å². The highest BCUT2D eigenvalue weighted by atomic mass is 16.2. The van der Waals surface area contributed by atoms with Crippen LogP contribution in [0, 0.1) is 17.2 Å². The highest BCUT2D eigenvalue weighted by Gasteiger charge is 2.44. The first-order valence-electron chi connectivity index (χ1n) is 5.77. The van der Waals surface area contributed by atoms with Crippen LogP contribution < -0.4 is 0 Å². The summed E-state index contributed by atoms with van der Waals surface area (Å²) in [6.45, 7) is 5.57. The summed E-state index contributed by atoms with van der Waals surface area (Å²) in [5.41, 5.74) is -0.936. The molecule has 0 aromatic rings. The fourth-order valence-electron chi connectivity index (χ4n) is 2.24. The second kappa shape index (κ2) is 4.65. The standard InChI is InChI=1S/C12H18N2O2/c1-4-12(5-2,8-13)14-10(15)6-9(3)7-11(14)16/h9H,4-7H2,1-3H3. The molecule has 0 aromatic heterocycles. The van der Waals surface area contributed by atoms with Gasteiger partial charge in [-0.1, -0.05) is 20.8 Å². The molecule has 0 aliphatic carbocycles. The number of likely N-dealkylation sites (tertiary alicyclic amines) is 1. The smallest absolute Gasteiger partial charge is 0.230 e. The summed E-state index contributed by atoms with van der Waals surface area (Å²) in [6, 6.07) is 2.14. The fraction of sp³-hybridized carbons (Fsp3) is 0.750. The lowest BCUT2D eigenvalue weighted by Crippen LogP contribution is -2.56. The molecule has 0 spiro atoms. The molecule has 1 heterocycles. The van der Waals surface area contributed by atoms with E-state index < -0.39 is 5.54 Å². The monoisotopic (exact) mass is 222 g/mol. The molecule has 1 fully saturated rings. The van der Waals surface area contributed by atoms with Gasteiger partial charge < -0.3 is 0 Å². The molecular formula is C12H18N2O2. The molecule has 1 saturated heterocycles. The number of nitriles is 1. The van der Waals surface area contributed by atoms with Gasteiger partial charge in [-0.2, -0.15) is 5.26 Å². The maximum atomic E-state index is 11.9. The van der Waals surface area contributed by atoms with Crippen molar-refractivity contribution in [3.63, 3.8) is 0 Å². The van der Waals surface area contributed by atoms with E-state index in [1.807, 2.05) is 20.8 Å². The maximum Gasteiger partial charge on any atom is 0.230 e. The van der Waals surface area contributed by atoms with Gasteiger partial charge in [-0.05, 0) is 18.8 Å². The van der Waals surface area contributed by atoms with Crippen molar-refractivity contribution in [3.05, 3.63) is 0 Å². The van der Waals surface area contributed by atoms with Crippen LogP contribution in [0.1, 0.15) is 46.5 Å². The van der Waals surface area contributed by atoms with Gasteiger partial charge in [0.1, 0.15) is 5.54 Å². The van der Waals surface area contributed by atoms with E-state index in [1.54, 1.807) is 0 Å². The van der Waals surface area contributed by atoms with Crippen molar-refractivity contribution < 1.29 is 9.59 Å². The van der Waals surface area contributed by atoms with E-state index in [2.05, 4.69) is 6.07 Å². The summed E-state index contributed by atoms with van der Waals surface area (Å²) in [5.74, 6) is -0.302. The Morgan fingerprint density at radius 2 is 1.75 bits per heavy atom. The van der Waals surface area contributed by atoms with Crippen molar-refractivity contribution in [1.29, 1.82) is 5.26 Å². The molecule has 1 rings (SSSR count). The van der Waals surface area contributed by atoms with Crippen LogP contribution in [0.3, 0.4) is 0 Å². The molecule has 2 amide bonds. The second-order valence-corrected chi connectivity index (χ2v) is 4.49. The molecule has 0 unspecified atom stereocenters. The number of amides is 2. The van der Waals surface area contributed by atoms with E-state index in [9.17, 15) is 14.9 Å². The highest BCUT2D eigenvalue weighted by Crippen LogP contribution is 2.30. The average Bonchev–Trinajstić information content (AvgIpc) is 2.23. The third kappa shape index (κ3) is 1.95. The lowest BCUT2D eigenvalue weighted by Gasteiger charge is -2.39. The number of imide groups is 1. The molecular weight excluding hydrogens is 204 g/mol. The fourth-order valence-corrected chi connectivity index (χ4v) is 2.24. The minimum atomic E-state index is -0.936. The molecule has 4 heteroatoms. The molecule has 0 bridgehead atoms. The van der Waals surface area contributed by atoms with Crippen LogP contribution in [0.15, 0.2) is 0 Å². The van der Waals surface area contributed by atoms with Gasteiger partial charge in [0, 0.05) is 12.8 Å². The lowest BCUT2D eigenvalue weighted by molar-refractivity contribution is -0.155. The molecule has 1 aliphatic rings. The van der Waals surface area contributed by atoms with E-state index in [0.29, 0.717) is 25.7 Å². The normalized spacial score (nSPS) is 18.8. The van der Waals surface area contributed by atoms with Crippen molar-refractivity contribution >= 4 is 11.8 Å². The quantitative estimate of drug-likeness (QED) is 0.685. The van der Waals surface area contributed by atoms with Crippen LogP contribution in [0.2, 0.25) is 0 Å². The van der Waals surface area contributed by atoms with Crippen molar-refractivity contribution in [1.82, 2.24) is 4.90 Å². The van der Waals surface area contributed by atoms with Gasteiger partial charge in [0.05, 0.1) is 6.07 Å². The predicted octanol–water partition coefficient (Wildman–Crippen LogP) is 1.85. The number of carbonyl (C=O) groups is 2. The van der Waals surface area contributed by atoms with Gasteiger partial charge in [0.2, 0.25) is 11.8 Å². The van der Waals surface area contributed by atoms with Gasteiger partial charge in [-0.15, -0.1) is 0 Å². The van der Waals surface area contributed by atoms with Gasteiger partial charge >= 0.3 is 0 Å². The van der Waals surface area contributed by atoms with E-state index >= 15 is 0 Å². The Balaban J connectivity index is 3.06. The van der Waals surface area contributed by atoms with Crippen molar-refractivity contribution in [2.75, 3.05) is 0 Å². The topological polar surface area (TPSA) is 61.2 Å². The van der Waals surface area contributed by atoms with Crippen LogP contribution >= 0.6 is 0 Å². The van der Waals surface area contributed by atoms with Crippen LogP contribution in [-0.2, 0) is 9.59 Å². The first-order valence-corrected chi connectivity index (χ1v) is 5.77. The number of hydrogen-bond acceptors (Lipinski definition) is 3. The van der Waals surface area contributed by atoms with Crippen molar-refractivity contribution in [3.8, 4) is 6.07 Å². The number of nitrogens with zero attached hydrogens (tertiary/aromatic N) is 2. The molecule has 16 heavy (non-hydrogen) atoms. The summed E-state index contributed by atoms with van der Waals surface area (Å²) in [4.78, 5) is 25.0. The Morgan fingerprint density at radius 3 is 2.06 bits per heavy atom. The molecule has 0 N–H and O–H groups in total. The van der Waals surface area contributed by atoms with E-state index in [-0.39, 0.29) is 17.7 Å². The number of rotatable bonds is 3. The molecule has 0 saturated carbocycles. The van der Waals surface area contributed by atoms with Crippen LogP contribution in [0.4, 0.5) is 0 Å². The predicted molar refractivity (Wildman–Crippen MR) is 59.2 cm³/mol. The van der Waals surface area contributed by atoms with Crippen LogP contribution in [0.25, 0.3) is 0 Å². The third-order valence-corrected chi connectivity index (χ3v) is 3.35. The summed E-state index contributed by atoms with van der Waals surface area (Å²) in [5, 5.41) is 9.23. The molecule has 0 aromatic carbocycles. The van der Waals surface area contributed by atoms with E-state index in [4.69, 9.17) is 0 Å². The first kappa shape index (κ1) is 12.7. The zero-order chi connectivity index (χ0) is 12.3. The molecule has 1 aliphatic heterocycles. The van der Waals surface area contributed by atoms with Gasteiger partial charge in [-0.3, -0.25) is 14.5 Å². The Morgan fingerprint density at radius 1 is 1.31 bits per heavy atom. The molecule has 0 radical (unpaired) electrons. The minimum Gasteiger partial charge on any atom is -0.274 e. The average molecular weight is 222 g/mol. The summed E-state index contributed by atoms with van der Waals surface area (Å²) in [6.07, 6.45) is 1.72. The Labute approximate surface area is 96.2 Å². The first-order chi connectivity index (χ1) is 7.50. The summed E-state index contributed by atoms with van der Waals surface area (Å²) >= 11 is 0. The third-order valence-electron chi connectivity index (χ3n) is 3.35. The van der Waals surface area contributed by atoms with Crippen molar-refractivity contribution in [2.24, 2.45) is 5.92 Å². The Bertz CT molecular complexity index is 321. The van der Waals surface area contributed by atoms with Gasteiger partial charge in [0.15, 0.2) is 0 Å². The van der Waals surface area contributed by atoms with Crippen LogP contribution in [0.5, 0.6) is 0 Å². The molecule has 4 nitrogen and oxygen atoms in total. The lowest BCUT2D eigenvalue weighted by atomic mass is 9.87. The van der Waals surface area contributed by atoms with E-state index in [1.165, 1.54) is 4.90 Å². The summed E-state index contributed by atoms with van der Waals surface area (Å²) < 4.78 is 0. The van der Waals surface area contributed by atoms with Crippen molar-refractivity contribution in [2.45, 2.75) is 52.0 Å². The van der Waals surface area contributed by atoms with Gasteiger partial charge in [-0.25, -0.2) is 0 Å². The summed E-state index contributed by atoms with van der Waals surface area (Å²) in [7, 11) is 0. The highest BCUT2D eigenvalue weighted by molar-refractivity contribution is 5.99. The number of carbonyl (C=O) groups excluding carboxylic acids is 2. The second-order valence-electron chi connectivity index (χ2n) is 4.49. The number of piperidine rings is 1. The van der Waals surface area contributed by atoms with E-state index in [0.717, 1.165) is 0 Å². The maximum absolute atomic E-state index is 11.9. The Kier molecular flexibility index (Phi) is 3.69. The molecule has 0 atom stereocenters. The number of hydrogen-bond donors (Lipinski definition) is 0. The SMILES string of the molecule is CCC(C#N)(CC)N1C(=O)CC(C)CC1=O. The minimum absolute atomic E-state index is 0.0985. The zero-order valence-corrected chi connectivity index (χ0v) is 10.1. The largest absolute Gasteiger partial charge is 0.274 e. The van der Waals surface area contributed by atoms with Gasteiger partial charge in [0.25, 0.3) is 0 Å². The Hall–Kier alpha value is -1.37. The zero-order valence-electron chi connectivity index (χ0n) is 10.1.